The fourth-order valence-electron chi connectivity index (χ4n) is 2.53. The maximum absolute atomic E-state index is 12.1. The van der Waals surface area contributed by atoms with Crippen LogP contribution in [-0.4, -0.2) is 56.1 Å². The van der Waals surface area contributed by atoms with Crippen molar-refractivity contribution in [3.8, 4) is 0 Å². The van der Waals surface area contributed by atoms with Crippen molar-refractivity contribution in [2.75, 3.05) is 26.4 Å². The minimum atomic E-state index is -3.21. The van der Waals surface area contributed by atoms with Crippen LogP contribution in [0, 0.1) is 0 Å². The Kier molecular flexibility index (Phi) is 5.70. The largest absolute Gasteiger partial charge is 0.336 e. The molecular weight excluding hydrogens is 346 g/mol. The van der Waals surface area contributed by atoms with Crippen LogP contribution in [0.3, 0.4) is 0 Å². The number of nitrogens with zero attached hydrogens (tertiary/aromatic N) is 2. The van der Waals surface area contributed by atoms with E-state index < -0.39 is 10.0 Å². The zero-order valence-electron chi connectivity index (χ0n) is 12.6. The second-order valence-electron chi connectivity index (χ2n) is 5.42. The third-order valence-electron chi connectivity index (χ3n) is 3.61. The lowest BCUT2D eigenvalue weighted by molar-refractivity contribution is 0.204. The normalized spacial score (nSPS) is 19.3. The first kappa shape index (κ1) is 17.5. The summed E-state index contributed by atoms with van der Waals surface area (Å²) in [4.78, 5) is 14.6. The van der Waals surface area contributed by atoms with Crippen LogP contribution in [-0.2, 0) is 16.6 Å². The third-order valence-corrected chi connectivity index (χ3v) is 6.16. The number of urea groups is 1. The minimum Gasteiger partial charge on any atom is -0.336 e. The first-order valence-electron chi connectivity index (χ1n) is 6.97. The number of nitrogens with one attached hydrogen (secondary N) is 1. The van der Waals surface area contributed by atoms with Crippen molar-refractivity contribution in [3.63, 3.8) is 0 Å². The van der Waals surface area contributed by atoms with Gasteiger partial charge in [-0.3, -0.25) is 0 Å². The summed E-state index contributed by atoms with van der Waals surface area (Å²) in [6.45, 7) is 1.34. The highest BCUT2D eigenvalue weighted by molar-refractivity contribution is 7.88. The molecule has 0 spiro atoms. The number of carbonyl (C=O) groups is 1. The Hall–Kier alpha value is -0.830. The minimum absolute atomic E-state index is 0.150. The van der Waals surface area contributed by atoms with Crippen LogP contribution in [0.5, 0.6) is 0 Å². The van der Waals surface area contributed by atoms with Crippen LogP contribution in [0.1, 0.15) is 17.7 Å². The zero-order chi connectivity index (χ0) is 16.3. The molecule has 2 amide bonds. The van der Waals surface area contributed by atoms with E-state index in [1.54, 1.807) is 18.0 Å². The Morgan fingerprint density at radius 3 is 2.86 bits per heavy atom. The van der Waals surface area contributed by atoms with E-state index in [0.717, 1.165) is 17.7 Å². The van der Waals surface area contributed by atoms with E-state index in [2.05, 4.69) is 5.32 Å². The molecule has 1 aliphatic heterocycles. The molecule has 1 aromatic heterocycles. The number of amides is 2. The Bertz CT molecular complexity index is 632. The van der Waals surface area contributed by atoms with Gasteiger partial charge in [0, 0.05) is 31.1 Å². The molecule has 1 aliphatic rings. The summed E-state index contributed by atoms with van der Waals surface area (Å²) >= 11 is 7.30. The van der Waals surface area contributed by atoms with Gasteiger partial charge in [0.15, 0.2) is 0 Å². The van der Waals surface area contributed by atoms with E-state index in [4.69, 9.17) is 11.6 Å². The lowest BCUT2D eigenvalue weighted by Crippen LogP contribution is -2.45. The molecular formula is C13H20ClN3O3S2. The number of carbonyl (C=O) groups excluding carboxylic acids is 1. The predicted octanol–water partition coefficient (Wildman–Crippen LogP) is 1.97. The fourth-order valence-corrected chi connectivity index (χ4v) is 4.86. The molecule has 0 bridgehead atoms. The lowest BCUT2D eigenvalue weighted by Gasteiger charge is -2.24. The van der Waals surface area contributed by atoms with Gasteiger partial charge in [0.1, 0.15) is 0 Å². The molecule has 1 N–H and O–H groups in total. The van der Waals surface area contributed by atoms with Gasteiger partial charge in [0.05, 0.1) is 17.1 Å². The van der Waals surface area contributed by atoms with E-state index in [9.17, 15) is 13.2 Å². The number of sulfonamides is 1. The van der Waals surface area contributed by atoms with Crippen molar-refractivity contribution in [2.24, 2.45) is 0 Å². The van der Waals surface area contributed by atoms with Crippen LogP contribution in [0.2, 0.25) is 4.34 Å². The average molecular weight is 366 g/mol. The summed E-state index contributed by atoms with van der Waals surface area (Å²) in [7, 11) is -1.51. The van der Waals surface area contributed by atoms with Gasteiger partial charge in [0.25, 0.3) is 0 Å². The maximum Gasteiger partial charge on any atom is 0.317 e. The summed E-state index contributed by atoms with van der Waals surface area (Å²) in [6, 6.07) is 3.32. The molecule has 1 atom stereocenters. The van der Waals surface area contributed by atoms with E-state index >= 15 is 0 Å². The first-order chi connectivity index (χ1) is 10.3. The fraction of sp³-hybridized carbons (Fsp3) is 0.615. The molecule has 1 fully saturated rings. The quantitative estimate of drug-likeness (QED) is 0.867. The number of thiophene rings is 1. The van der Waals surface area contributed by atoms with Gasteiger partial charge in [0.2, 0.25) is 10.0 Å². The van der Waals surface area contributed by atoms with Crippen LogP contribution in [0.4, 0.5) is 4.79 Å². The van der Waals surface area contributed by atoms with Crippen LogP contribution < -0.4 is 5.32 Å². The Morgan fingerprint density at radius 1 is 1.55 bits per heavy atom. The SMILES string of the molecule is CN(Cc1ccc(Cl)s1)C(=O)NC[C@H]1CCCN1S(C)(=O)=O. The van der Waals surface area contributed by atoms with E-state index in [0.29, 0.717) is 24.0 Å². The van der Waals surface area contributed by atoms with Crippen molar-refractivity contribution in [1.29, 1.82) is 0 Å². The molecule has 0 saturated carbocycles. The molecule has 6 nitrogen and oxygen atoms in total. The topological polar surface area (TPSA) is 69.7 Å². The summed E-state index contributed by atoms with van der Waals surface area (Å²) < 4.78 is 25.5. The van der Waals surface area contributed by atoms with Gasteiger partial charge >= 0.3 is 6.03 Å². The molecule has 2 rings (SSSR count). The zero-order valence-corrected chi connectivity index (χ0v) is 15.0. The Morgan fingerprint density at radius 2 is 2.27 bits per heavy atom. The van der Waals surface area contributed by atoms with Crippen LogP contribution >= 0.6 is 22.9 Å². The summed E-state index contributed by atoms with van der Waals surface area (Å²) in [5.41, 5.74) is 0. The highest BCUT2D eigenvalue weighted by atomic mass is 35.5. The number of halogens is 1. The van der Waals surface area contributed by atoms with Gasteiger partial charge in [-0.25, -0.2) is 13.2 Å². The van der Waals surface area contributed by atoms with Gasteiger partial charge in [-0.15, -0.1) is 11.3 Å². The highest BCUT2D eigenvalue weighted by Crippen LogP contribution is 2.22. The average Bonchev–Trinajstić information content (AvgIpc) is 3.04. The first-order valence-corrected chi connectivity index (χ1v) is 10.0. The molecule has 1 aromatic rings. The molecule has 0 radical (unpaired) electrons. The predicted molar refractivity (Wildman–Crippen MR) is 88.8 cm³/mol. The molecule has 9 heteroatoms. The monoisotopic (exact) mass is 365 g/mol. The summed E-state index contributed by atoms with van der Waals surface area (Å²) in [6.07, 6.45) is 2.81. The van der Waals surface area contributed by atoms with Crippen molar-refractivity contribution >= 4 is 39.0 Å². The van der Waals surface area contributed by atoms with Gasteiger partial charge in [-0.1, -0.05) is 11.6 Å². The summed E-state index contributed by atoms with van der Waals surface area (Å²) in [5, 5.41) is 2.81. The smallest absolute Gasteiger partial charge is 0.317 e. The van der Waals surface area contributed by atoms with Gasteiger partial charge in [-0.2, -0.15) is 4.31 Å². The van der Waals surface area contributed by atoms with Gasteiger partial charge < -0.3 is 10.2 Å². The second kappa shape index (κ2) is 7.16. The third kappa shape index (κ3) is 4.58. The molecule has 22 heavy (non-hydrogen) atoms. The van der Waals surface area contributed by atoms with E-state index in [-0.39, 0.29) is 12.1 Å². The van der Waals surface area contributed by atoms with Crippen LogP contribution in [0.15, 0.2) is 12.1 Å². The molecule has 2 heterocycles. The molecule has 0 aromatic carbocycles. The van der Waals surface area contributed by atoms with Gasteiger partial charge in [-0.05, 0) is 25.0 Å². The standard InChI is InChI=1S/C13H20ClN3O3S2/c1-16(9-11-5-6-12(14)21-11)13(18)15-8-10-4-3-7-17(10)22(2,19)20/h5-6,10H,3-4,7-9H2,1-2H3,(H,15,18)/t10-/m1/s1. The van der Waals surface area contributed by atoms with Crippen LogP contribution in [0.25, 0.3) is 0 Å². The van der Waals surface area contributed by atoms with Crippen molar-refractivity contribution < 1.29 is 13.2 Å². The highest BCUT2D eigenvalue weighted by Gasteiger charge is 2.31. The Balaban J connectivity index is 1.84. The number of rotatable bonds is 5. The number of hydrogen-bond acceptors (Lipinski definition) is 4. The van der Waals surface area contributed by atoms with Crippen molar-refractivity contribution in [1.82, 2.24) is 14.5 Å². The molecule has 0 unspecified atom stereocenters. The van der Waals surface area contributed by atoms with Crippen molar-refractivity contribution in [2.45, 2.75) is 25.4 Å². The molecule has 1 saturated heterocycles. The Labute approximate surface area is 140 Å². The number of hydrogen-bond donors (Lipinski definition) is 1. The summed E-state index contributed by atoms with van der Waals surface area (Å²) in [5.74, 6) is 0. The van der Waals surface area contributed by atoms with Crippen molar-refractivity contribution in [3.05, 3.63) is 21.3 Å². The molecule has 0 aliphatic carbocycles. The second-order valence-corrected chi connectivity index (χ2v) is 9.15. The van der Waals surface area contributed by atoms with E-state index in [1.807, 2.05) is 6.07 Å². The van der Waals surface area contributed by atoms with E-state index in [1.165, 1.54) is 21.9 Å². The maximum atomic E-state index is 12.1. The lowest BCUT2D eigenvalue weighted by atomic mass is 10.2. The molecule has 124 valence electrons.